The van der Waals surface area contributed by atoms with Gasteiger partial charge in [-0.1, -0.05) is 281 Å². The van der Waals surface area contributed by atoms with Gasteiger partial charge in [0.25, 0.3) is 0 Å². The van der Waals surface area contributed by atoms with Gasteiger partial charge in [0.1, 0.15) is 13.2 Å². The van der Waals surface area contributed by atoms with Crippen LogP contribution in [0.25, 0.3) is 0 Å². The molecule has 0 saturated carbocycles. The van der Waals surface area contributed by atoms with Crippen LogP contribution in [0.1, 0.15) is 323 Å². The lowest BCUT2D eigenvalue weighted by Crippen LogP contribution is -2.30. The number of carbonyl (C=O) groups is 3. The zero-order valence-corrected chi connectivity index (χ0v) is 47.9. The van der Waals surface area contributed by atoms with Gasteiger partial charge in [0.2, 0.25) is 0 Å². The first-order valence-corrected chi connectivity index (χ1v) is 31.3. The molecule has 0 aromatic heterocycles. The second-order valence-corrected chi connectivity index (χ2v) is 21.0. The number of hydrogen-bond donors (Lipinski definition) is 0. The highest BCUT2D eigenvalue weighted by Crippen LogP contribution is 2.17. The lowest BCUT2D eigenvalue weighted by Gasteiger charge is -2.18. The SMILES string of the molecule is CCC/C=C\C/C=C\CCCCCCCC(=O)OC(COC(=O)CCCCCCCCCCCC)COC(=O)CCCCCCCCCCCCCCCCCC/C=C\C/C=C\C/C=C\CCCCCCC. The maximum absolute atomic E-state index is 12.8. The van der Waals surface area contributed by atoms with Crippen molar-refractivity contribution in [1.82, 2.24) is 0 Å². The molecular formula is C66H118O6. The van der Waals surface area contributed by atoms with E-state index in [-0.39, 0.29) is 31.1 Å². The van der Waals surface area contributed by atoms with Gasteiger partial charge in [-0.2, -0.15) is 0 Å². The fourth-order valence-electron chi connectivity index (χ4n) is 9.02. The minimum Gasteiger partial charge on any atom is -0.462 e. The summed E-state index contributed by atoms with van der Waals surface area (Å²) in [6, 6.07) is 0. The normalized spacial score (nSPS) is 12.4. The summed E-state index contributed by atoms with van der Waals surface area (Å²) in [6.07, 6.45) is 76.7. The van der Waals surface area contributed by atoms with Gasteiger partial charge in [-0.25, -0.2) is 0 Å². The van der Waals surface area contributed by atoms with Crippen LogP contribution >= 0.6 is 0 Å². The molecule has 0 saturated heterocycles. The van der Waals surface area contributed by atoms with Gasteiger partial charge in [0.15, 0.2) is 6.10 Å². The van der Waals surface area contributed by atoms with Crippen LogP contribution in [-0.4, -0.2) is 37.2 Å². The molecule has 0 spiro atoms. The number of unbranched alkanes of at least 4 members (excludes halogenated alkanes) is 36. The predicted molar refractivity (Wildman–Crippen MR) is 312 cm³/mol. The van der Waals surface area contributed by atoms with Crippen molar-refractivity contribution in [2.45, 2.75) is 329 Å². The first kappa shape index (κ1) is 69.1. The molecule has 0 aliphatic carbocycles. The highest BCUT2D eigenvalue weighted by atomic mass is 16.6. The van der Waals surface area contributed by atoms with Crippen LogP contribution in [0.15, 0.2) is 60.8 Å². The zero-order valence-electron chi connectivity index (χ0n) is 47.9. The largest absolute Gasteiger partial charge is 0.462 e. The second kappa shape index (κ2) is 60.7. The molecule has 6 nitrogen and oxygen atoms in total. The Morgan fingerprint density at radius 1 is 0.278 bits per heavy atom. The first-order chi connectivity index (χ1) is 35.5. The van der Waals surface area contributed by atoms with Crippen molar-refractivity contribution in [3.63, 3.8) is 0 Å². The fraction of sp³-hybridized carbons (Fsp3) is 0.803. The maximum Gasteiger partial charge on any atom is 0.306 e. The Labute approximate surface area is 447 Å². The van der Waals surface area contributed by atoms with E-state index in [1.165, 1.54) is 180 Å². The predicted octanol–water partition coefficient (Wildman–Crippen LogP) is 21.2. The molecule has 0 heterocycles. The van der Waals surface area contributed by atoms with E-state index in [2.05, 4.69) is 81.5 Å². The van der Waals surface area contributed by atoms with Crippen molar-refractivity contribution in [2.24, 2.45) is 0 Å². The molecule has 0 aliphatic rings. The lowest BCUT2D eigenvalue weighted by atomic mass is 10.0. The quantitative estimate of drug-likeness (QED) is 0.0261. The van der Waals surface area contributed by atoms with Gasteiger partial charge in [-0.15, -0.1) is 0 Å². The molecule has 0 aromatic carbocycles. The Hall–Kier alpha value is -2.89. The lowest BCUT2D eigenvalue weighted by molar-refractivity contribution is -0.167. The highest BCUT2D eigenvalue weighted by molar-refractivity contribution is 5.71. The standard InChI is InChI=1S/C66H118O6/c1-4-7-10-13-16-19-22-24-25-26-27-28-29-30-31-32-33-34-35-36-37-38-39-40-41-43-44-47-50-53-56-59-65(68)71-62-63(61-70-64(67)58-55-52-49-46-21-18-15-12-9-6-3)72-66(69)60-57-54-51-48-45-42-23-20-17-14-11-8-5-2/h11,14,20,22-24,26-27,29-30,63H,4-10,12-13,15-19,21,25,28,31-62H2,1-3H3/b14-11-,23-20-,24-22-,27-26-,30-29-. The molecule has 418 valence electrons. The van der Waals surface area contributed by atoms with Gasteiger partial charge in [0, 0.05) is 19.3 Å². The van der Waals surface area contributed by atoms with Crippen molar-refractivity contribution in [2.75, 3.05) is 13.2 Å². The molecule has 1 atom stereocenters. The van der Waals surface area contributed by atoms with E-state index in [1.807, 2.05) is 0 Å². The van der Waals surface area contributed by atoms with Gasteiger partial charge < -0.3 is 14.2 Å². The minimum atomic E-state index is -0.778. The van der Waals surface area contributed by atoms with Gasteiger partial charge >= 0.3 is 17.9 Å². The average Bonchev–Trinajstić information content (AvgIpc) is 3.38. The summed E-state index contributed by atoms with van der Waals surface area (Å²) in [5, 5.41) is 0. The Morgan fingerprint density at radius 3 is 0.833 bits per heavy atom. The number of carbonyl (C=O) groups excluding carboxylic acids is 3. The van der Waals surface area contributed by atoms with Crippen LogP contribution in [0.3, 0.4) is 0 Å². The van der Waals surface area contributed by atoms with E-state index in [0.717, 1.165) is 103 Å². The molecular weight excluding hydrogens is 889 g/mol. The maximum atomic E-state index is 12.8. The molecule has 1 unspecified atom stereocenters. The van der Waals surface area contributed by atoms with Crippen LogP contribution < -0.4 is 0 Å². The van der Waals surface area contributed by atoms with E-state index in [9.17, 15) is 14.4 Å². The summed E-state index contributed by atoms with van der Waals surface area (Å²) < 4.78 is 16.8. The third-order valence-electron chi connectivity index (χ3n) is 13.7. The second-order valence-electron chi connectivity index (χ2n) is 21.0. The molecule has 72 heavy (non-hydrogen) atoms. The first-order valence-electron chi connectivity index (χ1n) is 31.3. The van der Waals surface area contributed by atoms with Crippen molar-refractivity contribution in [1.29, 1.82) is 0 Å². The van der Waals surface area contributed by atoms with Crippen LogP contribution in [0.4, 0.5) is 0 Å². The number of esters is 3. The van der Waals surface area contributed by atoms with Crippen LogP contribution in [0.2, 0.25) is 0 Å². The Morgan fingerprint density at radius 2 is 0.528 bits per heavy atom. The zero-order chi connectivity index (χ0) is 52.2. The highest BCUT2D eigenvalue weighted by Gasteiger charge is 2.19. The topological polar surface area (TPSA) is 78.9 Å². The summed E-state index contributed by atoms with van der Waals surface area (Å²) in [5.41, 5.74) is 0. The molecule has 0 aliphatic heterocycles. The van der Waals surface area contributed by atoms with Gasteiger partial charge in [-0.05, 0) is 83.5 Å². The number of hydrogen-bond acceptors (Lipinski definition) is 6. The third kappa shape index (κ3) is 58.0. The van der Waals surface area contributed by atoms with Crippen molar-refractivity contribution >= 4 is 17.9 Å². The van der Waals surface area contributed by atoms with Crippen LogP contribution in [-0.2, 0) is 28.6 Å². The summed E-state index contributed by atoms with van der Waals surface area (Å²) in [4.78, 5) is 38.1. The van der Waals surface area contributed by atoms with E-state index in [0.29, 0.717) is 19.3 Å². The van der Waals surface area contributed by atoms with E-state index in [4.69, 9.17) is 14.2 Å². The van der Waals surface area contributed by atoms with Crippen molar-refractivity contribution in [3.05, 3.63) is 60.8 Å². The smallest absolute Gasteiger partial charge is 0.306 e. The van der Waals surface area contributed by atoms with E-state index >= 15 is 0 Å². The van der Waals surface area contributed by atoms with Gasteiger partial charge in [-0.3, -0.25) is 14.4 Å². The average molecular weight is 1010 g/mol. The molecule has 0 radical (unpaired) electrons. The third-order valence-corrected chi connectivity index (χ3v) is 13.7. The Bertz CT molecular complexity index is 1290. The summed E-state index contributed by atoms with van der Waals surface area (Å²) >= 11 is 0. The number of rotatable bonds is 57. The monoisotopic (exact) mass is 1010 g/mol. The summed E-state index contributed by atoms with van der Waals surface area (Å²) in [7, 11) is 0. The fourth-order valence-corrected chi connectivity index (χ4v) is 9.02. The van der Waals surface area contributed by atoms with E-state index < -0.39 is 6.10 Å². The molecule has 0 fully saturated rings. The Kier molecular flexibility index (Phi) is 58.2. The summed E-state index contributed by atoms with van der Waals surface area (Å²) in [5.74, 6) is -0.880. The minimum absolute atomic E-state index is 0.0763. The van der Waals surface area contributed by atoms with Crippen molar-refractivity contribution in [3.8, 4) is 0 Å². The Balaban J connectivity index is 4.08. The molecule has 0 amide bonds. The summed E-state index contributed by atoms with van der Waals surface area (Å²) in [6.45, 7) is 6.57. The molecule has 6 heteroatoms. The van der Waals surface area contributed by atoms with Crippen LogP contribution in [0.5, 0.6) is 0 Å². The van der Waals surface area contributed by atoms with Crippen LogP contribution in [0, 0.1) is 0 Å². The van der Waals surface area contributed by atoms with E-state index in [1.54, 1.807) is 0 Å². The molecule has 0 aromatic rings. The molecule has 0 rings (SSSR count). The number of allylic oxidation sites excluding steroid dienone is 10. The molecule has 0 bridgehead atoms. The van der Waals surface area contributed by atoms with Gasteiger partial charge in [0.05, 0.1) is 0 Å². The van der Waals surface area contributed by atoms with Crippen molar-refractivity contribution < 1.29 is 28.6 Å². The molecule has 0 N–H and O–H groups in total. The number of ether oxygens (including phenoxy) is 3.